The van der Waals surface area contributed by atoms with E-state index in [2.05, 4.69) is 43.1 Å². The van der Waals surface area contributed by atoms with Crippen molar-refractivity contribution in [2.24, 2.45) is 0 Å². The SMILES string of the molecule is Cc1ccc(-c2nc3ccc(N)cn3c2C)cc1. The molecule has 1 aromatic carbocycles. The Bertz CT molecular complexity index is 708. The topological polar surface area (TPSA) is 43.3 Å². The second kappa shape index (κ2) is 3.88. The predicted molar refractivity (Wildman–Crippen MR) is 74.5 cm³/mol. The lowest BCUT2D eigenvalue weighted by molar-refractivity contribution is 1.11. The van der Waals surface area contributed by atoms with E-state index in [9.17, 15) is 0 Å². The third-order valence-electron chi connectivity index (χ3n) is 3.21. The molecule has 0 unspecified atom stereocenters. The average Bonchev–Trinajstić information content (AvgIpc) is 2.68. The summed E-state index contributed by atoms with van der Waals surface area (Å²) in [5, 5.41) is 0. The lowest BCUT2D eigenvalue weighted by Crippen LogP contribution is -1.91. The molecule has 0 atom stereocenters. The molecule has 0 bridgehead atoms. The standard InChI is InChI=1S/C15H15N3/c1-10-3-5-12(6-4-10)15-11(2)18-9-13(16)7-8-14(18)17-15/h3-9H,16H2,1-2H3. The molecule has 90 valence electrons. The molecule has 3 rings (SSSR count). The fraction of sp³-hybridized carbons (Fsp3) is 0.133. The summed E-state index contributed by atoms with van der Waals surface area (Å²) in [7, 11) is 0. The van der Waals surface area contributed by atoms with Gasteiger partial charge < -0.3 is 10.1 Å². The van der Waals surface area contributed by atoms with E-state index in [-0.39, 0.29) is 0 Å². The van der Waals surface area contributed by atoms with Crippen LogP contribution in [0.1, 0.15) is 11.3 Å². The Labute approximate surface area is 106 Å². The summed E-state index contributed by atoms with van der Waals surface area (Å²) in [6, 6.07) is 12.2. The maximum Gasteiger partial charge on any atom is 0.137 e. The summed E-state index contributed by atoms with van der Waals surface area (Å²) in [4.78, 5) is 4.66. The first kappa shape index (κ1) is 10.8. The second-order valence-electron chi connectivity index (χ2n) is 4.60. The Morgan fingerprint density at radius 2 is 1.72 bits per heavy atom. The van der Waals surface area contributed by atoms with Crippen LogP contribution in [0.5, 0.6) is 0 Å². The molecule has 2 aromatic heterocycles. The van der Waals surface area contributed by atoms with E-state index in [1.807, 2.05) is 22.7 Å². The number of nitrogens with two attached hydrogens (primary N) is 1. The number of fused-ring (bicyclic) bond motifs is 1. The molecule has 0 radical (unpaired) electrons. The minimum Gasteiger partial charge on any atom is -0.398 e. The Kier molecular flexibility index (Phi) is 2.33. The van der Waals surface area contributed by atoms with Crippen molar-refractivity contribution in [2.75, 3.05) is 5.73 Å². The largest absolute Gasteiger partial charge is 0.398 e. The smallest absolute Gasteiger partial charge is 0.137 e. The molecule has 0 aliphatic heterocycles. The molecule has 0 saturated carbocycles. The van der Waals surface area contributed by atoms with E-state index in [0.717, 1.165) is 28.3 Å². The fourth-order valence-electron chi connectivity index (χ4n) is 2.16. The summed E-state index contributed by atoms with van der Waals surface area (Å²) in [6.45, 7) is 4.15. The summed E-state index contributed by atoms with van der Waals surface area (Å²) in [5.74, 6) is 0. The van der Waals surface area contributed by atoms with Crippen molar-refractivity contribution in [3.05, 3.63) is 53.9 Å². The molecule has 0 aliphatic carbocycles. The molecule has 3 aromatic rings. The van der Waals surface area contributed by atoms with Crippen molar-refractivity contribution in [3.8, 4) is 11.3 Å². The van der Waals surface area contributed by atoms with E-state index >= 15 is 0 Å². The van der Waals surface area contributed by atoms with E-state index < -0.39 is 0 Å². The Hall–Kier alpha value is -2.29. The van der Waals surface area contributed by atoms with Gasteiger partial charge in [-0.1, -0.05) is 29.8 Å². The molecule has 18 heavy (non-hydrogen) atoms. The van der Waals surface area contributed by atoms with Gasteiger partial charge in [0, 0.05) is 23.1 Å². The molecule has 0 amide bonds. The van der Waals surface area contributed by atoms with Crippen LogP contribution in [0.15, 0.2) is 42.6 Å². The number of imidazole rings is 1. The van der Waals surface area contributed by atoms with Gasteiger partial charge in [-0.05, 0) is 26.0 Å². The lowest BCUT2D eigenvalue weighted by Gasteiger charge is -2.00. The third-order valence-corrected chi connectivity index (χ3v) is 3.21. The molecular weight excluding hydrogens is 222 g/mol. The molecule has 3 heteroatoms. The van der Waals surface area contributed by atoms with Gasteiger partial charge in [0.25, 0.3) is 0 Å². The fourth-order valence-corrected chi connectivity index (χ4v) is 2.16. The monoisotopic (exact) mass is 237 g/mol. The summed E-state index contributed by atoms with van der Waals surface area (Å²) in [6.07, 6.45) is 1.91. The zero-order valence-electron chi connectivity index (χ0n) is 10.5. The highest BCUT2D eigenvalue weighted by molar-refractivity contribution is 5.67. The van der Waals surface area contributed by atoms with Crippen LogP contribution in [-0.4, -0.2) is 9.38 Å². The molecular formula is C15H15N3. The van der Waals surface area contributed by atoms with Crippen LogP contribution in [0.2, 0.25) is 0 Å². The van der Waals surface area contributed by atoms with E-state index in [4.69, 9.17) is 5.73 Å². The van der Waals surface area contributed by atoms with Crippen LogP contribution in [0.3, 0.4) is 0 Å². The quantitative estimate of drug-likeness (QED) is 0.706. The first-order chi connectivity index (χ1) is 8.65. The number of hydrogen-bond acceptors (Lipinski definition) is 2. The summed E-state index contributed by atoms with van der Waals surface area (Å²) < 4.78 is 2.03. The van der Waals surface area contributed by atoms with E-state index in [1.54, 1.807) is 0 Å². The van der Waals surface area contributed by atoms with Crippen molar-refractivity contribution in [3.63, 3.8) is 0 Å². The molecule has 0 spiro atoms. The van der Waals surface area contributed by atoms with Gasteiger partial charge in [-0.2, -0.15) is 0 Å². The van der Waals surface area contributed by atoms with Gasteiger partial charge in [0.15, 0.2) is 0 Å². The van der Waals surface area contributed by atoms with Gasteiger partial charge in [-0.15, -0.1) is 0 Å². The molecule has 0 aliphatic rings. The lowest BCUT2D eigenvalue weighted by atomic mass is 10.1. The third kappa shape index (κ3) is 1.64. The van der Waals surface area contributed by atoms with Crippen molar-refractivity contribution in [2.45, 2.75) is 13.8 Å². The highest BCUT2D eigenvalue weighted by atomic mass is 15.0. The van der Waals surface area contributed by atoms with E-state index in [1.165, 1.54) is 5.56 Å². The molecule has 0 fully saturated rings. The first-order valence-corrected chi connectivity index (χ1v) is 5.96. The Morgan fingerprint density at radius 3 is 2.44 bits per heavy atom. The highest BCUT2D eigenvalue weighted by Gasteiger charge is 2.09. The van der Waals surface area contributed by atoms with Crippen LogP contribution >= 0.6 is 0 Å². The zero-order chi connectivity index (χ0) is 12.7. The van der Waals surface area contributed by atoms with Gasteiger partial charge in [0.05, 0.1) is 5.69 Å². The number of nitrogen functional groups attached to an aromatic ring is 1. The van der Waals surface area contributed by atoms with Crippen molar-refractivity contribution in [1.29, 1.82) is 0 Å². The molecule has 2 heterocycles. The van der Waals surface area contributed by atoms with Crippen molar-refractivity contribution in [1.82, 2.24) is 9.38 Å². The number of rotatable bonds is 1. The number of hydrogen-bond donors (Lipinski definition) is 1. The predicted octanol–water partition coefficient (Wildman–Crippen LogP) is 3.20. The molecule has 2 N–H and O–H groups in total. The minimum absolute atomic E-state index is 0.749. The van der Waals surface area contributed by atoms with Crippen LogP contribution in [0.4, 0.5) is 5.69 Å². The summed E-state index contributed by atoms with van der Waals surface area (Å²) in [5.41, 5.74) is 12.0. The number of pyridine rings is 1. The average molecular weight is 237 g/mol. The first-order valence-electron chi connectivity index (χ1n) is 5.96. The van der Waals surface area contributed by atoms with E-state index in [0.29, 0.717) is 0 Å². The summed E-state index contributed by atoms with van der Waals surface area (Å²) >= 11 is 0. The molecule has 0 saturated heterocycles. The highest BCUT2D eigenvalue weighted by Crippen LogP contribution is 2.24. The Morgan fingerprint density at radius 1 is 1.00 bits per heavy atom. The number of benzene rings is 1. The van der Waals surface area contributed by atoms with Gasteiger partial charge in [-0.3, -0.25) is 0 Å². The maximum absolute atomic E-state index is 5.81. The number of aromatic nitrogens is 2. The van der Waals surface area contributed by atoms with Crippen molar-refractivity contribution < 1.29 is 0 Å². The van der Waals surface area contributed by atoms with Gasteiger partial charge in [0.1, 0.15) is 5.65 Å². The van der Waals surface area contributed by atoms with Crippen LogP contribution in [0.25, 0.3) is 16.9 Å². The number of nitrogens with zero attached hydrogens (tertiary/aromatic N) is 2. The number of aryl methyl sites for hydroxylation is 2. The second-order valence-corrected chi connectivity index (χ2v) is 4.60. The zero-order valence-corrected chi connectivity index (χ0v) is 10.5. The maximum atomic E-state index is 5.81. The minimum atomic E-state index is 0.749. The number of anilines is 1. The van der Waals surface area contributed by atoms with Crippen LogP contribution < -0.4 is 5.73 Å². The molecule has 3 nitrogen and oxygen atoms in total. The van der Waals surface area contributed by atoms with Crippen LogP contribution in [0, 0.1) is 13.8 Å². The van der Waals surface area contributed by atoms with Gasteiger partial charge >= 0.3 is 0 Å². The van der Waals surface area contributed by atoms with Gasteiger partial charge in [0.2, 0.25) is 0 Å². The Balaban J connectivity index is 2.23. The normalized spacial score (nSPS) is 11.0. The van der Waals surface area contributed by atoms with Crippen molar-refractivity contribution >= 4 is 11.3 Å². The van der Waals surface area contributed by atoms with Crippen LogP contribution in [-0.2, 0) is 0 Å². The van der Waals surface area contributed by atoms with Gasteiger partial charge in [-0.25, -0.2) is 4.98 Å².